The second kappa shape index (κ2) is 12.6. The van der Waals surface area contributed by atoms with Crippen LogP contribution in [0, 0.1) is 0 Å². The maximum Gasteiger partial charge on any atom is 0.192 e. The highest BCUT2D eigenvalue weighted by Crippen LogP contribution is 2.45. The van der Waals surface area contributed by atoms with Crippen LogP contribution >= 0.6 is 0 Å². The molecule has 0 bridgehead atoms. The number of hydrogen-bond donors (Lipinski definition) is 1. The maximum atomic E-state index is 6.83. The summed E-state index contributed by atoms with van der Waals surface area (Å²) in [5.41, 5.74) is 7.17. The number of fused-ring (bicyclic) bond motifs is 1. The zero-order chi connectivity index (χ0) is 29.0. The van der Waals surface area contributed by atoms with Crippen molar-refractivity contribution in [2.75, 3.05) is 38.7 Å². The molecular formula is C35H48N2O3Si. The van der Waals surface area contributed by atoms with Crippen molar-refractivity contribution in [3.05, 3.63) is 71.8 Å². The molecule has 1 aliphatic heterocycles. The zero-order valence-corrected chi connectivity index (χ0v) is 26.9. The van der Waals surface area contributed by atoms with Crippen molar-refractivity contribution in [1.82, 2.24) is 4.90 Å². The summed E-state index contributed by atoms with van der Waals surface area (Å²) in [6, 6.07) is 21.4. The van der Waals surface area contributed by atoms with E-state index >= 15 is 0 Å². The van der Waals surface area contributed by atoms with E-state index in [0.717, 1.165) is 54.4 Å². The Balaban J connectivity index is 1.29. The molecule has 1 fully saturated rings. The molecule has 5 nitrogen and oxygen atoms in total. The number of nitrogens with zero attached hydrogens (tertiary/aromatic N) is 1. The van der Waals surface area contributed by atoms with Gasteiger partial charge in [0.2, 0.25) is 0 Å². The molecule has 6 heteroatoms. The summed E-state index contributed by atoms with van der Waals surface area (Å²) in [4.78, 5) is 2.50. The Morgan fingerprint density at radius 2 is 1.63 bits per heavy atom. The van der Waals surface area contributed by atoms with Crippen molar-refractivity contribution in [1.29, 1.82) is 0 Å². The smallest absolute Gasteiger partial charge is 0.192 e. The average molecular weight is 573 g/mol. The van der Waals surface area contributed by atoms with Gasteiger partial charge in [0.05, 0.1) is 18.9 Å². The van der Waals surface area contributed by atoms with E-state index in [1.807, 2.05) is 6.07 Å². The lowest BCUT2D eigenvalue weighted by Gasteiger charge is -2.38. The third kappa shape index (κ3) is 7.16. The first kappa shape index (κ1) is 29.7. The van der Waals surface area contributed by atoms with Crippen molar-refractivity contribution in [3.63, 3.8) is 0 Å². The third-order valence-electron chi connectivity index (χ3n) is 9.20. The maximum absolute atomic E-state index is 6.83. The van der Waals surface area contributed by atoms with Crippen molar-refractivity contribution < 1.29 is 13.9 Å². The van der Waals surface area contributed by atoms with E-state index < -0.39 is 8.32 Å². The molecule has 2 aliphatic rings. The SMILES string of the molecule is COc1ccc(-c2ccc3c(c2)CCC3O[Si](C)(C)C(C)(C)C)c(Nc2ccc(OCCN3CCCCC3)cc2)c1. The van der Waals surface area contributed by atoms with E-state index in [4.69, 9.17) is 13.9 Å². The monoisotopic (exact) mass is 572 g/mol. The molecule has 1 unspecified atom stereocenters. The highest BCUT2D eigenvalue weighted by atomic mass is 28.4. The van der Waals surface area contributed by atoms with Gasteiger partial charge in [-0.25, -0.2) is 0 Å². The van der Waals surface area contributed by atoms with Crippen LogP contribution in [-0.2, 0) is 10.8 Å². The molecule has 41 heavy (non-hydrogen) atoms. The van der Waals surface area contributed by atoms with Crippen LogP contribution in [-0.4, -0.2) is 46.6 Å². The number of anilines is 2. The quantitative estimate of drug-likeness (QED) is 0.246. The molecule has 1 N–H and O–H groups in total. The molecule has 1 aliphatic carbocycles. The Hall–Kier alpha value is -2.80. The largest absolute Gasteiger partial charge is 0.497 e. The topological polar surface area (TPSA) is 43.0 Å². The summed E-state index contributed by atoms with van der Waals surface area (Å²) in [6.07, 6.45) is 6.30. The fourth-order valence-electron chi connectivity index (χ4n) is 5.67. The second-order valence-corrected chi connectivity index (χ2v) is 17.9. The van der Waals surface area contributed by atoms with Gasteiger partial charge in [-0.3, -0.25) is 4.90 Å². The molecule has 0 radical (unpaired) electrons. The summed E-state index contributed by atoms with van der Waals surface area (Å²) in [5.74, 6) is 1.74. The Bertz CT molecular complexity index is 1310. The molecule has 1 saturated heterocycles. The molecule has 0 saturated carbocycles. The first-order chi connectivity index (χ1) is 19.6. The minimum atomic E-state index is -1.83. The van der Waals surface area contributed by atoms with Crippen LogP contribution in [0.15, 0.2) is 60.7 Å². The number of hydrogen-bond acceptors (Lipinski definition) is 5. The van der Waals surface area contributed by atoms with Gasteiger partial charge in [-0.05, 0) is 110 Å². The number of benzene rings is 3. The van der Waals surface area contributed by atoms with Gasteiger partial charge in [0.15, 0.2) is 8.32 Å². The van der Waals surface area contributed by atoms with Gasteiger partial charge in [-0.15, -0.1) is 0 Å². The van der Waals surface area contributed by atoms with Crippen molar-refractivity contribution in [3.8, 4) is 22.6 Å². The Labute approximate surface area is 248 Å². The standard InChI is InChI=1S/C35H48N2O3Si/c1-35(2,3)41(5,6)40-34-19-11-27-24-26(10-17-32(27)34)31-18-16-30(38-4)25-33(31)36-28-12-14-29(15-13-28)39-23-22-37-20-8-7-9-21-37/h10,12-18,24-25,34,36H,7-9,11,19-23H2,1-6H3. The van der Waals surface area contributed by atoms with Crippen LogP contribution in [0.3, 0.4) is 0 Å². The summed E-state index contributed by atoms with van der Waals surface area (Å²) < 4.78 is 18.5. The Morgan fingerprint density at radius 3 is 2.34 bits per heavy atom. The molecule has 220 valence electrons. The van der Waals surface area contributed by atoms with Crippen molar-refractivity contribution >= 4 is 19.7 Å². The Morgan fingerprint density at radius 1 is 0.902 bits per heavy atom. The number of nitrogens with one attached hydrogen (secondary N) is 1. The highest BCUT2D eigenvalue weighted by Gasteiger charge is 2.40. The molecule has 1 atom stereocenters. The summed E-state index contributed by atoms with van der Waals surface area (Å²) in [7, 11) is -0.119. The van der Waals surface area contributed by atoms with Crippen molar-refractivity contribution in [2.24, 2.45) is 0 Å². The number of aryl methyl sites for hydroxylation is 1. The van der Waals surface area contributed by atoms with Gasteiger partial charge in [0, 0.05) is 23.9 Å². The van der Waals surface area contributed by atoms with E-state index in [1.54, 1.807) is 7.11 Å². The summed E-state index contributed by atoms with van der Waals surface area (Å²) >= 11 is 0. The molecule has 0 aromatic heterocycles. The van der Waals surface area contributed by atoms with Gasteiger partial charge in [0.25, 0.3) is 0 Å². The number of rotatable bonds is 10. The zero-order valence-electron chi connectivity index (χ0n) is 25.9. The second-order valence-electron chi connectivity index (χ2n) is 13.1. The lowest BCUT2D eigenvalue weighted by Crippen LogP contribution is -2.41. The lowest BCUT2D eigenvalue weighted by molar-refractivity contribution is 0.183. The van der Waals surface area contributed by atoms with E-state index in [9.17, 15) is 0 Å². The van der Waals surface area contributed by atoms with E-state index in [-0.39, 0.29) is 11.1 Å². The van der Waals surface area contributed by atoms with Crippen LogP contribution in [0.2, 0.25) is 18.1 Å². The van der Waals surface area contributed by atoms with Gasteiger partial charge >= 0.3 is 0 Å². The third-order valence-corrected chi connectivity index (χ3v) is 13.7. The number of ether oxygens (including phenoxy) is 2. The molecule has 5 rings (SSSR count). The van der Waals surface area contributed by atoms with E-state index in [2.05, 4.69) is 98.7 Å². The minimum absolute atomic E-state index is 0.203. The fourth-order valence-corrected chi connectivity index (χ4v) is 6.98. The number of likely N-dealkylation sites (tertiary alicyclic amines) is 1. The van der Waals surface area contributed by atoms with E-state index in [0.29, 0.717) is 0 Å². The predicted octanol–water partition coefficient (Wildman–Crippen LogP) is 8.98. The molecule has 3 aromatic carbocycles. The van der Waals surface area contributed by atoms with Crippen LogP contribution in [0.1, 0.15) is 63.7 Å². The Kier molecular flexibility index (Phi) is 9.12. The van der Waals surface area contributed by atoms with Crippen molar-refractivity contribution in [2.45, 2.75) is 77.1 Å². The van der Waals surface area contributed by atoms with E-state index in [1.165, 1.54) is 49.0 Å². The molecule has 3 aromatic rings. The number of piperidine rings is 1. The van der Waals surface area contributed by atoms with Crippen LogP contribution in [0.25, 0.3) is 11.1 Å². The molecule has 0 spiro atoms. The first-order valence-corrected chi connectivity index (χ1v) is 18.2. The van der Waals surface area contributed by atoms with Gasteiger partial charge in [-0.1, -0.05) is 45.4 Å². The summed E-state index contributed by atoms with van der Waals surface area (Å²) in [6.45, 7) is 15.8. The average Bonchev–Trinajstić information content (AvgIpc) is 3.35. The van der Waals surface area contributed by atoms with Crippen LogP contribution in [0.5, 0.6) is 11.5 Å². The highest BCUT2D eigenvalue weighted by molar-refractivity contribution is 6.74. The van der Waals surface area contributed by atoms with Gasteiger partial charge < -0.3 is 19.2 Å². The first-order valence-electron chi connectivity index (χ1n) is 15.3. The van der Waals surface area contributed by atoms with Crippen LogP contribution < -0.4 is 14.8 Å². The lowest BCUT2D eigenvalue weighted by atomic mass is 9.98. The minimum Gasteiger partial charge on any atom is -0.497 e. The molecule has 0 amide bonds. The van der Waals surface area contributed by atoms with Crippen LogP contribution in [0.4, 0.5) is 11.4 Å². The van der Waals surface area contributed by atoms with Gasteiger partial charge in [0.1, 0.15) is 18.1 Å². The normalized spacial score (nSPS) is 17.8. The molecule has 1 heterocycles. The number of methoxy groups -OCH3 is 1. The molecular weight excluding hydrogens is 524 g/mol. The fraction of sp³-hybridized carbons (Fsp3) is 0.486. The summed E-state index contributed by atoms with van der Waals surface area (Å²) in [5, 5.41) is 3.85. The van der Waals surface area contributed by atoms with Gasteiger partial charge in [-0.2, -0.15) is 0 Å². The predicted molar refractivity (Wildman–Crippen MR) is 173 cm³/mol.